The van der Waals surface area contributed by atoms with Crippen molar-refractivity contribution in [2.24, 2.45) is 5.41 Å². The molecule has 0 spiro atoms. The summed E-state index contributed by atoms with van der Waals surface area (Å²) in [4.78, 5) is 11.0. The van der Waals surface area contributed by atoms with Gasteiger partial charge in [0.2, 0.25) is 5.91 Å². The van der Waals surface area contributed by atoms with Crippen LogP contribution in [0.5, 0.6) is 0 Å². The highest BCUT2D eigenvalue weighted by Gasteiger charge is 2.50. The van der Waals surface area contributed by atoms with Crippen molar-refractivity contribution in [3.8, 4) is 6.07 Å². The minimum atomic E-state index is -2.55. The molecule has 5 heteroatoms. The summed E-state index contributed by atoms with van der Waals surface area (Å²) < 4.78 is 23.2. The zero-order chi connectivity index (χ0) is 9.19. The Bertz CT molecular complexity index is 230. The fourth-order valence-electron chi connectivity index (χ4n) is 0.854. The molecular formula is C7H8F2N2O. The predicted molar refractivity (Wildman–Crippen MR) is 36.3 cm³/mol. The maximum absolute atomic E-state index is 11.6. The number of carbonyl (C=O) groups is 1. The number of rotatable bonds is 3. The molecule has 0 radical (unpaired) electrons. The monoisotopic (exact) mass is 174 g/mol. The molecular weight excluding hydrogens is 166 g/mol. The summed E-state index contributed by atoms with van der Waals surface area (Å²) in [6.07, 6.45) is -1.58. The lowest BCUT2D eigenvalue weighted by molar-refractivity contribution is -0.125. The number of carbonyl (C=O) groups excluding carboxylic acids is 1. The molecule has 66 valence electrons. The topological polar surface area (TPSA) is 52.9 Å². The van der Waals surface area contributed by atoms with Gasteiger partial charge < -0.3 is 5.32 Å². The Hall–Kier alpha value is -1.18. The highest BCUT2D eigenvalue weighted by molar-refractivity contribution is 5.88. The van der Waals surface area contributed by atoms with Crippen LogP contribution in [0.15, 0.2) is 0 Å². The predicted octanol–water partition coefficient (Wildman–Crippen LogP) is 0.671. The largest absolute Gasteiger partial charge is 0.349 e. The third-order valence-corrected chi connectivity index (χ3v) is 1.82. The van der Waals surface area contributed by atoms with E-state index in [0.717, 1.165) is 0 Å². The average molecular weight is 174 g/mol. The number of nitriles is 1. The number of nitrogens with one attached hydrogen (secondary N) is 1. The lowest BCUT2D eigenvalue weighted by Gasteiger charge is -2.06. The number of halogens is 2. The zero-order valence-corrected chi connectivity index (χ0v) is 6.31. The van der Waals surface area contributed by atoms with E-state index in [1.807, 2.05) is 11.4 Å². The van der Waals surface area contributed by atoms with E-state index in [9.17, 15) is 13.6 Å². The molecule has 1 N–H and O–H groups in total. The van der Waals surface area contributed by atoms with Gasteiger partial charge in [0.25, 0.3) is 6.43 Å². The van der Waals surface area contributed by atoms with E-state index in [-0.39, 0.29) is 0 Å². The van der Waals surface area contributed by atoms with E-state index in [0.29, 0.717) is 12.8 Å². The number of alkyl halides is 2. The van der Waals surface area contributed by atoms with Crippen LogP contribution in [-0.2, 0) is 4.79 Å². The van der Waals surface area contributed by atoms with Gasteiger partial charge in [-0.05, 0) is 12.8 Å². The third kappa shape index (κ3) is 1.70. The van der Waals surface area contributed by atoms with Gasteiger partial charge in [-0.15, -0.1) is 0 Å². The van der Waals surface area contributed by atoms with Crippen LogP contribution in [0.1, 0.15) is 12.8 Å². The number of amides is 1. The van der Waals surface area contributed by atoms with Crippen molar-refractivity contribution in [3.63, 3.8) is 0 Å². The second-order valence-electron chi connectivity index (χ2n) is 2.80. The van der Waals surface area contributed by atoms with Crippen LogP contribution in [0.25, 0.3) is 0 Å². The Morgan fingerprint density at radius 2 is 2.25 bits per heavy atom. The maximum atomic E-state index is 11.6. The van der Waals surface area contributed by atoms with Crippen molar-refractivity contribution in [3.05, 3.63) is 0 Å². The molecule has 12 heavy (non-hydrogen) atoms. The SMILES string of the molecule is N#CC1(C(=O)NCC(F)F)CC1. The molecule has 0 saturated heterocycles. The number of nitrogens with zero attached hydrogens (tertiary/aromatic N) is 1. The summed E-state index contributed by atoms with van der Waals surface area (Å²) in [6, 6.07) is 1.82. The molecule has 0 aliphatic heterocycles. The molecule has 1 aliphatic rings. The number of hydrogen-bond acceptors (Lipinski definition) is 2. The molecule has 0 bridgehead atoms. The Balaban J connectivity index is 2.35. The second-order valence-corrected chi connectivity index (χ2v) is 2.80. The van der Waals surface area contributed by atoms with Crippen LogP contribution in [0.3, 0.4) is 0 Å². The number of hydrogen-bond donors (Lipinski definition) is 1. The quantitative estimate of drug-likeness (QED) is 0.683. The first kappa shape index (κ1) is 8.91. The maximum Gasteiger partial charge on any atom is 0.255 e. The molecule has 0 heterocycles. The molecule has 0 aromatic heterocycles. The van der Waals surface area contributed by atoms with Crippen molar-refractivity contribution in [1.82, 2.24) is 5.32 Å². The first-order valence-corrected chi connectivity index (χ1v) is 3.58. The average Bonchev–Trinajstić information content (AvgIpc) is 2.80. The van der Waals surface area contributed by atoms with Crippen LogP contribution in [-0.4, -0.2) is 18.9 Å². The highest BCUT2D eigenvalue weighted by Crippen LogP contribution is 2.44. The van der Waals surface area contributed by atoms with E-state index >= 15 is 0 Å². The van der Waals surface area contributed by atoms with Gasteiger partial charge in [0.1, 0.15) is 5.41 Å². The van der Waals surface area contributed by atoms with E-state index in [2.05, 4.69) is 0 Å². The van der Waals surface area contributed by atoms with E-state index in [1.165, 1.54) is 0 Å². The second kappa shape index (κ2) is 3.05. The van der Waals surface area contributed by atoms with Gasteiger partial charge in [0, 0.05) is 0 Å². The van der Waals surface area contributed by atoms with Gasteiger partial charge in [0.05, 0.1) is 12.6 Å². The normalized spacial score (nSPS) is 18.5. The van der Waals surface area contributed by atoms with E-state index in [4.69, 9.17) is 5.26 Å². The fourth-order valence-corrected chi connectivity index (χ4v) is 0.854. The van der Waals surface area contributed by atoms with Gasteiger partial charge in [-0.2, -0.15) is 5.26 Å². The highest BCUT2D eigenvalue weighted by atomic mass is 19.3. The van der Waals surface area contributed by atoms with Crippen LogP contribution >= 0.6 is 0 Å². The molecule has 0 aromatic carbocycles. The van der Waals surface area contributed by atoms with Gasteiger partial charge >= 0.3 is 0 Å². The third-order valence-electron chi connectivity index (χ3n) is 1.82. The minimum Gasteiger partial charge on any atom is -0.349 e. The van der Waals surface area contributed by atoms with Gasteiger partial charge in [-0.1, -0.05) is 0 Å². The fraction of sp³-hybridized carbons (Fsp3) is 0.714. The minimum absolute atomic E-state index is 0.485. The van der Waals surface area contributed by atoms with Crippen LogP contribution in [0, 0.1) is 16.7 Å². The molecule has 1 aliphatic carbocycles. The Morgan fingerprint density at radius 1 is 1.67 bits per heavy atom. The summed E-state index contributed by atoms with van der Waals surface area (Å²) in [5, 5.41) is 10.5. The summed E-state index contributed by atoms with van der Waals surface area (Å²) in [6.45, 7) is -0.664. The van der Waals surface area contributed by atoms with Crippen molar-refractivity contribution < 1.29 is 13.6 Å². The van der Waals surface area contributed by atoms with Crippen molar-refractivity contribution in [2.45, 2.75) is 19.3 Å². The van der Waals surface area contributed by atoms with Crippen molar-refractivity contribution in [2.75, 3.05) is 6.54 Å². The van der Waals surface area contributed by atoms with E-state index < -0.39 is 24.3 Å². The molecule has 0 aromatic rings. The zero-order valence-electron chi connectivity index (χ0n) is 6.31. The Morgan fingerprint density at radius 3 is 2.58 bits per heavy atom. The summed E-state index contributed by atoms with van der Waals surface area (Å²) in [5.74, 6) is -0.565. The lowest BCUT2D eigenvalue weighted by atomic mass is 10.1. The first-order valence-electron chi connectivity index (χ1n) is 3.58. The smallest absolute Gasteiger partial charge is 0.255 e. The standard InChI is InChI=1S/C7H8F2N2O/c8-5(9)3-11-6(12)7(4-10)1-2-7/h5H,1-3H2,(H,11,12). The Kier molecular flexibility index (Phi) is 2.27. The molecule has 0 atom stereocenters. The molecule has 1 rings (SSSR count). The van der Waals surface area contributed by atoms with Gasteiger partial charge in [-0.25, -0.2) is 8.78 Å². The molecule has 0 unspecified atom stereocenters. The summed E-state index contributed by atoms with van der Waals surface area (Å²) >= 11 is 0. The Labute approximate surface area is 68.4 Å². The van der Waals surface area contributed by atoms with Crippen molar-refractivity contribution in [1.29, 1.82) is 5.26 Å². The van der Waals surface area contributed by atoms with Crippen molar-refractivity contribution >= 4 is 5.91 Å². The van der Waals surface area contributed by atoms with Crippen LogP contribution in [0.4, 0.5) is 8.78 Å². The summed E-state index contributed by atoms with van der Waals surface area (Å²) in [5.41, 5.74) is -0.991. The molecule has 3 nitrogen and oxygen atoms in total. The van der Waals surface area contributed by atoms with Gasteiger partial charge in [0.15, 0.2) is 0 Å². The lowest BCUT2D eigenvalue weighted by Crippen LogP contribution is -2.34. The summed E-state index contributed by atoms with van der Waals surface area (Å²) in [7, 11) is 0. The first-order chi connectivity index (χ1) is 5.60. The van der Waals surface area contributed by atoms with Crippen LogP contribution < -0.4 is 5.32 Å². The van der Waals surface area contributed by atoms with E-state index in [1.54, 1.807) is 0 Å². The van der Waals surface area contributed by atoms with Crippen LogP contribution in [0.2, 0.25) is 0 Å². The molecule has 1 saturated carbocycles. The molecule has 1 fully saturated rings. The molecule has 1 amide bonds. The van der Waals surface area contributed by atoms with Gasteiger partial charge in [-0.3, -0.25) is 4.79 Å².